The second-order valence-corrected chi connectivity index (χ2v) is 7.79. The van der Waals surface area contributed by atoms with Crippen LogP contribution in [0.15, 0.2) is 42.0 Å². The number of hydrogen-bond donors (Lipinski definition) is 2. The largest absolute Gasteiger partial charge is 0.349 e. The molecule has 3 heterocycles. The molecule has 1 unspecified atom stereocenters. The number of benzene rings is 1. The van der Waals surface area contributed by atoms with Crippen molar-refractivity contribution >= 4 is 34.1 Å². The summed E-state index contributed by atoms with van der Waals surface area (Å²) < 4.78 is 1.87. The van der Waals surface area contributed by atoms with Crippen molar-refractivity contribution < 1.29 is 14.4 Å². The minimum atomic E-state index is -1.18. The van der Waals surface area contributed by atoms with Crippen molar-refractivity contribution in [3.63, 3.8) is 0 Å². The van der Waals surface area contributed by atoms with Gasteiger partial charge in [-0.1, -0.05) is 29.8 Å². The first kappa shape index (κ1) is 18.2. The third kappa shape index (κ3) is 3.13. The van der Waals surface area contributed by atoms with Crippen LogP contribution in [0.5, 0.6) is 0 Å². The highest BCUT2D eigenvalue weighted by molar-refractivity contribution is 7.15. The maximum atomic E-state index is 12.9. The number of aryl methyl sites for hydroxylation is 1. The number of imidazole rings is 1. The Hall–Kier alpha value is -3.20. The Morgan fingerprint density at radius 3 is 2.75 bits per heavy atom. The number of thiazole rings is 1. The summed E-state index contributed by atoms with van der Waals surface area (Å²) in [5, 5.41) is 7.33. The summed E-state index contributed by atoms with van der Waals surface area (Å²) in [5.41, 5.74) is 1.26. The molecule has 1 fully saturated rings. The van der Waals surface area contributed by atoms with Gasteiger partial charge in [0.2, 0.25) is 5.91 Å². The summed E-state index contributed by atoms with van der Waals surface area (Å²) in [6.45, 7) is 3.48. The molecule has 4 amide bonds. The summed E-state index contributed by atoms with van der Waals surface area (Å²) in [6.07, 6.45) is 3.71. The molecule has 0 spiro atoms. The molecule has 0 radical (unpaired) electrons. The molecule has 0 saturated carbocycles. The van der Waals surface area contributed by atoms with Gasteiger partial charge in [0, 0.05) is 17.8 Å². The van der Waals surface area contributed by atoms with E-state index in [4.69, 9.17) is 0 Å². The van der Waals surface area contributed by atoms with E-state index in [1.165, 1.54) is 11.3 Å². The fourth-order valence-corrected chi connectivity index (χ4v) is 3.89. The SMILES string of the molecule is Cc1ccc(C2(C)NC(=O)N(CC(=O)NCc3cn4ccsc4n3)C2=O)cc1. The Labute approximate surface area is 165 Å². The standard InChI is InChI=1S/C19H19N5O3S/c1-12-3-5-13(6-4-12)19(2)16(26)24(17(27)22-19)11-15(25)20-9-14-10-23-7-8-28-18(23)21-14/h3-8,10H,9,11H2,1-2H3,(H,20,25)(H,22,27). The lowest BCUT2D eigenvalue weighted by Crippen LogP contribution is -2.43. The van der Waals surface area contributed by atoms with Gasteiger partial charge in [0.05, 0.1) is 12.2 Å². The van der Waals surface area contributed by atoms with Crippen molar-refractivity contribution in [3.05, 3.63) is 58.9 Å². The van der Waals surface area contributed by atoms with Gasteiger partial charge in [-0.05, 0) is 19.4 Å². The van der Waals surface area contributed by atoms with Crippen LogP contribution in [-0.2, 0) is 21.7 Å². The number of rotatable bonds is 5. The van der Waals surface area contributed by atoms with Crippen molar-refractivity contribution in [2.75, 3.05) is 6.54 Å². The molecule has 9 heteroatoms. The number of carbonyl (C=O) groups is 3. The first-order valence-corrected chi connectivity index (χ1v) is 9.64. The van der Waals surface area contributed by atoms with Crippen LogP contribution >= 0.6 is 11.3 Å². The zero-order chi connectivity index (χ0) is 19.9. The Kier molecular flexibility index (Phi) is 4.38. The van der Waals surface area contributed by atoms with Crippen molar-refractivity contribution in [2.24, 2.45) is 0 Å². The summed E-state index contributed by atoms with van der Waals surface area (Å²) >= 11 is 1.50. The second-order valence-electron chi connectivity index (χ2n) is 6.91. The summed E-state index contributed by atoms with van der Waals surface area (Å²) in [7, 11) is 0. The molecule has 2 N–H and O–H groups in total. The number of nitrogens with one attached hydrogen (secondary N) is 2. The molecular weight excluding hydrogens is 378 g/mol. The summed E-state index contributed by atoms with van der Waals surface area (Å²) in [6, 6.07) is 6.80. The zero-order valence-electron chi connectivity index (χ0n) is 15.4. The Morgan fingerprint density at radius 1 is 1.29 bits per heavy atom. The number of imide groups is 1. The molecular formula is C19H19N5O3S. The van der Waals surface area contributed by atoms with Gasteiger partial charge in [-0.2, -0.15) is 0 Å². The van der Waals surface area contributed by atoms with Gasteiger partial charge in [0.1, 0.15) is 12.1 Å². The van der Waals surface area contributed by atoms with Gasteiger partial charge >= 0.3 is 6.03 Å². The van der Waals surface area contributed by atoms with E-state index in [0.29, 0.717) is 11.3 Å². The summed E-state index contributed by atoms with van der Waals surface area (Å²) in [5.74, 6) is -0.869. The third-order valence-corrected chi connectivity index (χ3v) is 5.59. The molecule has 1 aliphatic heterocycles. The quantitative estimate of drug-likeness (QED) is 0.642. The molecule has 28 heavy (non-hydrogen) atoms. The van der Waals surface area contributed by atoms with E-state index in [0.717, 1.165) is 15.4 Å². The summed E-state index contributed by atoms with van der Waals surface area (Å²) in [4.78, 5) is 43.7. The second kappa shape index (κ2) is 6.75. The zero-order valence-corrected chi connectivity index (χ0v) is 16.2. The molecule has 4 rings (SSSR count). The van der Waals surface area contributed by atoms with Crippen molar-refractivity contribution in [2.45, 2.75) is 25.9 Å². The Bertz CT molecular complexity index is 1040. The van der Waals surface area contributed by atoms with Gasteiger partial charge in [0.15, 0.2) is 4.96 Å². The molecule has 1 atom stereocenters. The average Bonchev–Trinajstić information content (AvgIpc) is 3.30. The lowest BCUT2D eigenvalue weighted by Gasteiger charge is -2.22. The van der Waals surface area contributed by atoms with E-state index in [1.807, 2.05) is 53.4 Å². The monoisotopic (exact) mass is 397 g/mol. The van der Waals surface area contributed by atoms with Gasteiger partial charge in [-0.25, -0.2) is 9.78 Å². The van der Waals surface area contributed by atoms with Crippen molar-refractivity contribution in [1.29, 1.82) is 0 Å². The van der Waals surface area contributed by atoms with Gasteiger partial charge < -0.3 is 10.6 Å². The van der Waals surface area contributed by atoms with E-state index in [-0.39, 0.29) is 13.1 Å². The van der Waals surface area contributed by atoms with Gasteiger partial charge in [-0.15, -0.1) is 11.3 Å². The number of fused-ring (bicyclic) bond motifs is 1. The molecule has 144 valence electrons. The molecule has 1 saturated heterocycles. The lowest BCUT2D eigenvalue weighted by atomic mass is 9.91. The minimum Gasteiger partial charge on any atom is -0.349 e. The number of nitrogens with zero attached hydrogens (tertiary/aromatic N) is 3. The van der Waals surface area contributed by atoms with E-state index in [1.54, 1.807) is 6.92 Å². The van der Waals surface area contributed by atoms with E-state index in [2.05, 4.69) is 15.6 Å². The van der Waals surface area contributed by atoms with Crippen molar-refractivity contribution in [3.8, 4) is 0 Å². The molecule has 8 nitrogen and oxygen atoms in total. The topological polar surface area (TPSA) is 95.8 Å². The predicted octanol–water partition coefficient (Wildman–Crippen LogP) is 1.79. The third-order valence-electron chi connectivity index (χ3n) is 4.82. The van der Waals surface area contributed by atoms with Crippen LogP contribution in [0.4, 0.5) is 4.79 Å². The molecule has 3 aromatic rings. The first-order valence-electron chi connectivity index (χ1n) is 8.76. The number of aromatic nitrogens is 2. The lowest BCUT2D eigenvalue weighted by molar-refractivity contribution is -0.134. The minimum absolute atomic E-state index is 0.228. The fraction of sp³-hybridized carbons (Fsp3) is 0.263. The fourth-order valence-electron chi connectivity index (χ4n) is 3.17. The van der Waals surface area contributed by atoms with Crippen LogP contribution < -0.4 is 10.6 Å². The van der Waals surface area contributed by atoms with E-state index in [9.17, 15) is 14.4 Å². The number of urea groups is 1. The molecule has 1 aliphatic rings. The van der Waals surface area contributed by atoms with Crippen LogP contribution in [0.3, 0.4) is 0 Å². The first-order chi connectivity index (χ1) is 13.4. The molecule has 0 bridgehead atoms. The highest BCUT2D eigenvalue weighted by atomic mass is 32.1. The smallest absolute Gasteiger partial charge is 0.325 e. The normalized spacial score (nSPS) is 19.3. The van der Waals surface area contributed by atoms with Crippen LogP contribution in [0, 0.1) is 6.92 Å². The predicted molar refractivity (Wildman–Crippen MR) is 104 cm³/mol. The number of hydrogen-bond acceptors (Lipinski definition) is 5. The van der Waals surface area contributed by atoms with Crippen LogP contribution in [-0.4, -0.2) is 38.7 Å². The van der Waals surface area contributed by atoms with Gasteiger partial charge in [0.25, 0.3) is 5.91 Å². The number of amides is 4. The van der Waals surface area contributed by atoms with Crippen LogP contribution in [0.2, 0.25) is 0 Å². The Balaban J connectivity index is 1.41. The maximum Gasteiger partial charge on any atom is 0.325 e. The highest BCUT2D eigenvalue weighted by Crippen LogP contribution is 2.28. The van der Waals surface area contributed by atoms with Crippen LogP contribution in [0.25, 0.3) is 4.96 Å². The maximum absolute atomic E-state index is 12.9. The molecule has 0 aliphatic carbocycles. The highest BCUT2D eigenvalue weighted by Gasteiger charge is 2.49. The van der Waals surface area contributed by atoms with E-state index >= 15 is 0 Å². The molecule has 2 aromatic heterocycles. The number of carbonyl (C=O) groups excluding carboxylic acids is 3. The van der Waals surface area contributed by atoms with E-state index < -0.39 is 23.4 Å². The molecule has 1 aromatic carbocycles. The van der Waals surface area contributed by atoms with Gasteiger partial charge in [-0.3, -0.25) is 18.9 Å². The average molecular weight is 397 g/mol. The Morgan fingerprint density at radius 2 is 2.04 bits per heavy atom. The van der Waals surface area contributed by atoms with Crippen LogP contribution in [0.1, 0.15) is 23.7 Å². The van der Waals surface area contributed by atoms with Crippen molar-refractivity contribution in [1.82, 2.24) is 24.9 Å².